The second-order valence-electron chi connectivity index (χ2n) is 8.37. The first kappa shape index (κ1) is 19.6. The Bertz CT molecular complexity index is 1010. The van der Waals surface area contributed by atoms with Crippen molar-refractivity contribution in [2.24, 2.45) is 11.8 Å². The quantitative estimate of drug-likeness (QED) is 0.557. The number of fused-ring (bicyclic) bond motifs is 1. The number of carbonyl (C=O) groups excluding carboxylic acids is 2. The normalized spacial score (nSPS) is 25.4. The molecule has 2 aliphatic rings. The number of hydrogen-bond donors (Lipinski definition) is 0. The van der Waals surface area contributed by atoms with Crippen LogP contribution in [-0.2, 0) is 9.59 Å². The first-order valence-electron chi connectivity index (χ1n) is 10.8. The second kappa shape index (κ2) is 8.03. The molecular formula is C27H25NO3. The van der Waals surface area contributed by atoms with E-state index in [2.05, 4.69) is 24.3 Å². The number of benzene rings is 3. The first-order valence-corrected chi connectivity index (χ1v) is 10.8. The molecule has 0 radical (unpaired) electrons. The van der Waals surface area contributed by atoms with E-state index in [9.17, 15) is 9.59 Å². The maximum atomic E-state index is 13.7. The number of carbonyl (C=O) groups is 2. The van der Waals surface area contributed by atoms with Gasteiger partial charge in [-0.15, -0.1) is 0 Å². The summed E-state index contributed by atoms with van der Waals surface area (Å²) in [5.74, 6) is -0.0856. The maximum absolute atomic E-state index is 13.7. The average molecular weight is 412 g/mol. The van der Waals surface area contributed by atoms with E-state index in [1.54, 1.807) is 31.4 Å². The summed E-state index contributed by atoms with van der Waals surface area (Å²) < 4.78 is 5.24. The van der Waals surface area contributed by atoms with Crippen LogP contribution in [0.5, 0.6) is 5.75 Å². The number of nitrogens with zero attached hydrogens (tertiary/aromatic N) is 1. The van der Waals surface area contributed by atoms with Crippen LogP contribution in [0.25, 0.3) is 0 Å². The van der Waals surface area contributed by atoms with E-state index in [-0.39, 0.29) is 35.5 Å². The number of rotatable bonds is 4. The number of hydrogen-bond acceptors (Lipinski definition) is 3. The van der Waals surface area contributed by atoms with Gasteiger partial charge in [0.05, 0.1) is 24.6 Å². The van der Waals surface area contributed by atoms with Gasteiger partial charge in [-0.2, -0.15) is 0 Å². The van der Waals surface area contributed by atoms with Gasteiger partial charge >= 0.3 is 0 Å². The van der Waals surface area contributed by atoms with Crippen molar-refractivity contribution in [1.29, 1.82) is 0 Å². The monoisotopic (exact) mass is 411 g/mol. The Morgan fingerprint density at radius 3 is 1.55 bits per heavy atom. The van der Waals surface area contributed by atoms with E-state index in [1.165, 1.54) is 4.90 Å². The highest BCUT2D eigenvalue weighted by atomic mass is 16.5. The Hall–Kier alpha value is -3.40. The Morgan fingerprint density at radius 2 is 1.13 bits per heavy atom. The first-order chi connectivity index (χ1) is 15.2. The molecule has 0 unspecified atom stereocenters. The molecule has 1 saturated heterocycles. The van der Waals surface area contributed by atoms with Crippen LogP contribution in [0.2, 0.25) is 0 Å². The van der Waals surface area contributed by atoms with E-state index >= 15 is 0 Å². The second-order valence-corrected chi connectivity index (χ2v) is 8.37. The van der Waals surface area contributed by atoms with Crippen molar-refractivity contribution >= 4 is 17.5 Å². The molecule has 0 spiro atoms. The van der Waals surface area contributed by atoms with Crippen LogP contribution >= 0.6 is 0 Å². The predicted molar refractivity (Wildman–Crippen MR) is 120 cm³/mol. The van der Waals surface area contributed by atoms with Crippen molar-refractivity contribution in [2.75, 3.05) is 12.0 Å². The number of methoxy groups -OCH3 is 1. The molecule has 0 bridgehead atoms. The molecule has 0 aromatic heterocycles. The Labute approximate surface area is 182 Å². The molecule has 4 atom stereocenters. The molecule has 2 amide bonds. The third-order valence-corrected chi connectivity index (χ3v) is 6.84. The molecule has 31 heavy (non-hydrogen) atoms. The van der Waals surface area contributed by atoms with Gasteiger partial charge < -0.3 is 4.74 Å². The average Bonchev–Trinajstić information content (AvgIpc) is 3.10. The van der Waals surface area contributed by atoms with Crippen LogP contribution in [0.4, 0.5) is 5.69 Å². The molecule has 1 saturated carbocycles. The number of imide groups is 1. The zero-order chi connectivity index (χ0) is 21.4. The zero-order valence-electron chi connectivity index (χ0n) is 17.5. The lowest BCUT2D eigenvalue weighted by atomic mass is 9.64. The van der Waals surface area contributed by atoms with Gasteiger partial charge in [0.25, 0.3) is 0 Å². The minimum absolute atomic E-state index is 0.0471. The molecule has 1 aliphatic carbocycles. The van der Waals surface area contributed by atoms with Gasteiger partial charge in [-0.05, 0) is 60.1 Å². The van der Waals surface area contributed by atoms with Crippen molar-refractivity contribution in [3.8, 4) is 5.75 Å². The predicted octanol–water partition coefficient (Wildman–Crippen LogP) is 5.16. The minimum atomic E-state index is -0.351. The Morgan fingerprint density at radius 1 is 0.677 bits per heavy atom. The topological polar surface area (TPSA) is 46.6 Å². The fraction of sp³-hybridized carbons (Fsp3) is 0.259. The molecule has 3 aromatic rings. The van der Waals surface area contributed by atoms with Gasteiger partial charge in [-0.1, -0.05) is 60.7 Å². The molecule has 4 heteroatoms. The van der Waals surface area contributed by atoms with Crippen molar-refractivity contribution in [2.45, 2.75) is 24.7 Å². The molecule has 3 aromatic carbocycles. The summed E-state index contributed by atoms with van der Waals surface area (Å²) in [6.45, 7) is 0. The van der Waals surface area contributed by atoms with Crippen molar-refractivity contribution in [1.82, 2.24) is 0 Å². The fourth-order valence-corrected chi connectivity index (χ4v) is 5.41. The van der Waals surface area contributed by atoms with Crippen LogP contribution in [-0.4, -0.2) is 18.9 Å². The number of ether oxygens (including phenoxy) is 1. The smallest absolute Gasteiger partial charge is 0.238 e. The number of anilines is 1. The van der Waals surface area contributed by atoms with Crippen LogP contribution < -0.4 is 9.64 Å². The third kappa shape index (κ3) is 3.32. The van der Waals surface area contributed by atoms with E-state index in [1.807, 2.05) is 36.4 Å². The van der Waals surface area contributed by atoms with Crippen molar-refractivity contribution < 1.29 is 14.3 Å². The molecule has 1 aliphatic heterocycles. The highest BCUT2D eigenvalue weighted by molar-refractivity contribution is 6.22. The highest BCUT2D eigenvalue weighted by Crippen LogP contribution is 2.53. The molecule has 0 N–H and O–H groups in total. The van der Waals surface area contributed by atoms with E-state index in [4.69, 9.17) is 4.74 Å². The lowest BCUT2D eigenvalue weighted by molar-refractivity contribution is -0.122. The summed E-state index contributed by atoms with van der Waals surface area (Å²) in [7, 11) is 1.60. The molecule has 1 heterocycles. The largest absolute Gasteiger partial charge is 0.497 e. The van der Waals surface area contributed by atoms with Crippen LogP contribution in [0.15, 0.2) is 84.9 Å². The van der Waals surface area contributed by atoms with Crippen molar-refractivity contribution in [3.05, 3.63) is 96.1 Å². The zero-order valence-corrected chi connectivity index (χ0v) is 17.5. The number of amides is 2. The molecule has 156 valence electrons. The summed E-state index contributed by atoms with van der Waals surface area (Å²) in [4.78, 5) is 28.9. The molecule has 4 nitrogen and oxygen atoms in total. The summed E-state index contributed by atoms with van der Waals surface area (Å²) >= 11 is 0. The van der Waals surface area contributed by atoms with Crippen molar-refractivity contribution in [3.63, 3.8) is 0 Å². The van der Waals surface area contributed by atoms with Gasteiger partial charge in [0, 0.05) is 0 Å². The Kier molecular flexibility index (Phi) is 5.06. The summed E-state index contributed by atoms with van der Waals surface area (Å²) in [5, 5.41) is 0. The summed E-state index contributed by atoms with van der Waals surface area (Å²) in [5.41, 5.74) is 2.90. The third-order valence-electron chi connectivity index (χ3n) is 6.84. The van der Waals surface area contributed by atoms with E-state index in [0.29, 0.717) is 11.4 Å². The molecular weight excluding hydrogens is 386 g/mol. The minimum Gasteiger partial charge on any atom is -0.497 e. The Balaban J connectivity index is 1.58. The lowest BCUT2D eigenvalue weighted by Crippen LogP contribution is -2.34. The highest BCUT2D eigenvalue weighted by Gasteiger charge is 2.56. The van der Waals surface area contributed by atoms with Crippen LogP contribution in [0, 0.1) is 11.8 Å². The van der Waals surface area contributed by atoms with Gasteiger partial charge in [-0.3, -0.25) is 14.5 Å². The van der Waals surface area contributed by atoms with Gasteiger partial charge in [0.15, 0.2) is 0 Å². The summed E-state index contributed by atoms with van der Waals surface area (Å²) in [6.07, 6.45) is 1.78. The molecule has 5 rings (SSSR count). The van der Waals surface area contributed by atoms with Crippen LogP contribution in [0.3, 0.4) is 0 Å². The maximum Gasteiger partial charge on any atom is 0.238 e. The molecule has 2 fully saturated rings. The van der Waals surface area contributed by atoms with Gasteiger partial charge in [0.1, 0.15) is 5.75 Å². The standard InChI is InChI=1S/C27H25NO3/c1-31-21-14-12-20(13-15-21)28-26(29)24-22(18-8-4-2-5-9-18)16-17-23(25(24)27(28)30)19-10-6-3-7-11-19/h2-15,22-25H,16-17H2,1H3/t22-,23+,24-,25-/m1/s1. The van der Waals surface area contributed by atoms with E-state index < -0.39 is 0 Å². The SMILES string of the molecule is COc1ccc(N2C(=O)[C@H]3[C@H](C2=O)[C@H](c2ccccc2)CC[C@@H]3c2ccccc2)cc1. The van der Waals surface area contributed by atoms with Crippen LogP contribution in [0.1, 0.15) is 35.8 Å². The van der Waals surface area contributed by atoms with Gasteiger partial charge in [0.2, 0.25) is 11.8 Å². The fourth-order valence-electron chi connectivity index (χ4n) is 5.41. The van der Waals surface area contributed by atoms with E-state index in [0.717, 1.165) is 24.0 Å². The lowest BCUT2D eigenvalue weighted by Gasteiger charge is -2.37. The summed E-state index contributed by atoms with van der Waals surface area (Å²) in [6, 6.07) is 27.5. The van der Waals surface area contributed by atoms with Gasteiger partial charge in [-0.25, -0.2) is 0 Å².